The molecule has 114 valence electrons. The normalized spacial score (nSPS) is 27.1. The third kappa shape index (κ3) is 3.96. The first-order valence-electron chi connectivity index (χ1n) is 6.97. The van der Waals surface area contributed by atoms with E-state index >= 15 is 0 Å². The number of hydrogen-bond donors (Lipinski definition) is 1. The van der Waals surface area contributed by atoms with Gasteiger partial charge in [0.1, 0.15) is 6.61 Å². The predicted molar refractivity (Wildman–Crippen MR) is 68.3 cm³/mol. The Morgan fingerprint density at radius 3 is 2.80 bits per heavy atom. The van der Waals surface area contributed by atoms with E-state index in [1.807, 2.05) is 0 Å². The molecule has 0 spiro atoms. The van der Waals surface area contributed by atoms with Gasteiger partial charge in [0.15, 0.2) is 5.82 Å². The van der Waals surface area contributed by atoms with Crippen LogP contribution in [-0.4, -0.2) is 29.8 Å². The number of hydrogen-bond acceptors (Lipinski definition) is 5. The van der Waals surface area contributed by atoms with Crippen LogP contribution in [0.15, 0.2) is 4.52 Å². The van der Waals surface area contributed by atoms with E-state index in [0.29, 0.717) is 24.1 Å². The van der Waals surface area contributed by atoms with Crippen LogP contribution in [0.5, 0.6) is 0 Å². The minimum absolute atomic E-state index is 0.151. The Labute approximate surface area is 116 Å². The second-order valence-corrected chi connectivity index (χ2v) is 5.57. The van der Waals surface area contributed by atoms with Gasteiger partial charge in [0.25, 0.3) is 6.43 Å². The average molecular weight is 289 g/mol. The van der Waals surface area contributed by atoms with Crippen LogP contribution in [0.3, 0.4) is 0 Å². The SMILES string of the molecule is CC1CCC(N)(c2nc(CCOCC(F)F)no2)CC1. The molecule has 0 saturated heterocycles. The summed E-state index contributed by atoms with van der Waals surface area (Å²) >= 11 is 0. The summed E-state index contributed by atoms with van der Waals surface area (Å²) in [5.74, 6) is 1.59. The summed E-state index contributed by atoms with van der Waals surface area (Å²) in [6.45, 7) is 1.79. The van der Waals surface area contributed by atoms with Crippen molar-refractivity contribution in [3.05, 3.63) is 11.7 Å². The third-order valence-corrected chi connectivity index (χ3v) is 3.77. The number of rotatable bonds is 6. The highest BCUT2D eigenvalue weighted by molar-refractivity contribution is 5.04. The molecule has 1 fully saturated rings. The van der Waals surface area contributed by atoms with Gasteiger partial charge >= 0.3 is 0 Å². The molecule has 0 amide bonds. The first-order chi connectivity index (χ1) is 9.49. The Kier molecular flexibility index (Phi) is 5.04. The molecule has 1 aromatic rings. The highest BCUT2D eigenvalue weighted by Gasteiger charge is 2.36. The molecule has 2 rings (SSSR count). The molecule has 1 heterocycles. The van der Waals surface area contributed by atoms with Crippen molar-refractivity contribution in [1.82, 2.24) is 10.1 Å². The molecule has 1 aromatic heterocycles. The standard InChI is InChI=1S/C13H21F2N3O2/c1-9-2-5-13(16,6-3-9)12-17-11(18-20-12)4-7-19-8-10(14)15/h9-10H,2-8,16H2,1H3. The Balaban J connectivity index is 1.85. The zero-order chi connectivity index (χ0) is 14.6. The van der Waals surface area contributed by atoms with Crippen LogP contribution in [0.1, 0.15) is 44.3 Å². The smallest absolute Gasteiger partial charge is 0.261 e. The lowest BCUT2D eigenvalue weighted by Gasteiger charge is -2.32. The van der Waals surface area contributed by atoms with Crippen molar-refractivity contribution in [1.29, 1.82) is 0 Å². The summed E-state index contributed by atoms with van der Waals surface area (Å²) in [4.78, 5) is 4.28. The zero-order valence-electron chi connectivity index (χ0n) is 11.6. The maximum Gasteiger partial charge on any atom is 0.261 e. The minimum atomic E-state index is -2.45. The van der Waals surface area contributed by atoms with E-state index in [0.717, 1.165) is 25.7 Å². The van der Waals surface area contributed by atoms with E-state index in [1.54, 1.807) is 0 Å². The zero-order valence-corrected chi connectivity index (χ0v) is 11.6. The van der Waals surface area contributed by atoms with Gasteiger partial charge in [-0.15, -0.1) is 0 Å². The molecule has 0 aromatic carbocycles. The Bertz CT molecular complexity index is 418. The molecule has 0 bridgehead atoms. The van der Waals surface area contributed by atoms with Gasteiger partial charge in [-0.25, -0.2) is 8.78 Å². The van der Waals surface area contributed by atoms with Gasteiger partial charge in [0.2, 0.25) is 5.89 Å². The van der Waals surface area contributed by atoms with Crippen LogP contribution in [-0.2, 0) is 16.7 Å². The van der Waals surface area contributed by atoms with Gasteiger partial charge in [-0.3, -0.25) is 0 Å². The third-order valence-electron chi connectivity index (χ3n) is 3.77. The summed E-state index contributed by atoms with van der Waals surface area (Å²) in [7, 11) is 0. The number of nitrogens with zero attached hydrogens (tertiary/aromatic N) is 2. The molecule has 1 saturated carbocycles. The molecule has 0 atom stereocenters. The van der Waals surface area contributed by atoms with E-state index in [9.17, 15) is 8.78 Å². The van der Waals surface area contributed by atoms with Crippen molar-refractivity contribution >= 4 is 0 Å². The lowest BCUT2D eigenvalue weighted by molar-refractivity contribution is 0.0182. The van der Waals surface area contributed by atoms with Gasteiger partial charge in [-0.1, -0.05) is 12.1 Å². The van der Waals surface area contributed by atoms with Crippen molar-refractivity contribution in [2.45, 2.75) is 51.0 Å². The Morgan fingerprint density at radius 2 is 2.15 bits per heavy atom. The molecule has 5 nitrogen and oxygen atoms in total. The molecule has 0 radical (unpaired) electrons. The van der Waals surface area contributed by atoms with E-state index in [-0.39, 0.29) is 6.61 Å². The number of ether oxygens (including phenoxy) is 1. The second-order valence-electron chi connectivity index (χ2n) is 5.57. The number of halogens is 2. The topological polar surface area (TPSA) is 74.2 Å². The molecule has 20 heavy (non-hydrogen) atoms. The molecule has 1 aliphatic carbocycles. The summed E-state index contributed by atoms with van der Waals surface area (Å²) in [6, 6.07) is 0. The second kappa shape index (κ2) is 6.58. The summed E-state index contributed by atoms with van der Waals surface area (Å²) in [6.07, 6.45) is 1.66. The van der Waals surface area contributed by atoms with Crippen molar-refractivity contribution in [2.75, 3.05) is 13.2 Å². The van der Waals surface area contributed by atoms with Gasteiger partial charge in [0, 0.05) is 6.42 Å². The van der Waals surface area contributed by atoms with Gasteiger partial charge in [-0.2, -0.15) is 4.98 Å². The van der Waals surface area contributed by atoms with Crippen LogP contribution < -0.4 is 5.73 Å². The Hall–Kier alpha value is -1.08. The first kappa shape index (κ1) is 15.3. The quantitative estimate of drug-likeness (QED) is 0.813. The summed E-state index contributed by atoms with van der Waals surface area (Å²) in [5.41, 5.74) is 5.78. The number of nitrogens with two attached hydrogens (primary N) is 1. The maximum absolute atomic E-state index is 11.9. The fourth-order valence-electron chi connectivity index (χ4n) is 2.38. The molecule has 0 unspecified atom stereocenters. The van der Waals surface area contributed by atoms with Crippen LogP contribution in [0.4, 0.5) is 8.78 Å². The lowest BCUT2D eigenvalue weighted by atomic mass is 9.78. The van der Waals surface area contributed by atoms with Crippen LogP contribution in [0.25, 0.3) is 0 Å². The van der Waals surface area contributed by atoms with Crippen molar-refractivity contribution in [2.24, 2.45) is 11.7 Å². The van der Waals surface area contributed by atoms with Gasteiger partial charge in [-0.05, 0) is 31.6 Å². The minimum Gasteiger partial charge on any atom is -0.375 e. The van der Waals surface area contributed by atoms with Crippen LogP contribution in [0, 0.1) is 5.92 Å². The fourth-order valence-corrected chi connectivity index (χ4v) is 2.38. The van der Waals surface area contributed by atoms with Gasteiger partial charge < -0.3 is 15.0 Å². The monoisotopic (exact) mass is 289 g/mol. The highest BCUT2D eigenvalue weighted by atomic mass is 19.3. The van der Waals surface area contributed by atoms with E-state index in [2.05, 4.69) is 17.1 Å². The molecule has 7 heteroatoms. The van der Waals surface area contributed by atoms with E-state index in [4.69, 9.17) is 15.0 Å². The van der Waals surface area contributed by atoms with Crippen molar-refractivity contribution < 1.29 is 18.0 Å². The van der Waals surface area contributed by atoms with E-state index in [1.165, 1.54) is 0 Å². The Morgan fingerprint density at radius 1 is 1.45 bits per heavy atom. The van der Waals surface area contributed by atoms with Crippen LogP contribution in [0.2, 0.25) is 0 Å². The highest BCUT2D eigenvalue weighted by Crippen LogP contribution is 2.36. The molecular formula is C13H21F2N3O2. The predicted octanol–water partition coefficient (Wildman–Crippen LogP) is 2.26. The van der Waals surface area contributed by atoms with Crippen LogP contribution >= 0.6 is 0 Å². The fraction of sp³-hybridized carbons (Fsp3) is 0.846. The average Bonchev–Trinajstić information content (AvgIpc) is 2.88. The van der Waals surface area contributed by atoms with Crippen molar-refractivity contribution in [3.8, 4) is 0 Å². The molecule has 0 aliphatic heterocycles. The number of alkyl halides is 2. The maximum atomic E-state index is 11.9. The largest absolute Gasteiger partial charge is 0.375 e. The first-order valence-corrected chi connectivity index (χ1v) is 6.97. The summed E-state index contributed by atoms with van der Waals surface area (Å²) in [5, 5.41) is 3.84. The molecule has 1 aliphatic rings. The summed E-state index contributed by atoms with van der Waals surface area (Å²) < 4.78 is 33.8. The lowest BCUT2D eigenvalue weighted by Crippen LogP contribution is -2.40. The molecular weight excluding hydrogens is 268 g/mol. The van der Waals surface area contributed by atoms with Crippen molar-refractivity contribution in [3.63, 3.8) is 0 Å². The molecule has 2 N–H and O–H groups in total. The number of aromatic nitrogens is 2. The van der Waals surface area contributed by atoms with Gasteiger partial charge in [0.05, 0.1) is 12.1 Å². The van der Waals surface area contributed by atoms with E-state index < -0.39 is 18.6 Å².